The number of piperazine rings is 1. The first-order valence-electron chi connectivity index (χ1n) is 7.25. The molecule has 2 aromatic heterocycles. The lowest BCUT2D eigenvalue weighted by Crippen LogP contribution is -2.47. The minimum atomic E-state index is 0.692. The summed E-state index contributed by atoms with van der Waals surface area (Å²) in [6, 6.07) is 1.83. The van der Waals surface area contributed by atoms with Crippen LogP contribution in [0.1, 0.15) is 0 Å². The molecule has 0 aromatic carbocycles. The highest BCUT2D eigenvalue weighted by Gasteiger charge is 2.19. The molecule has 2 aromatic rings. The van der Waals surface area contributed by atoms with E-state index in [1.165, 1.54) is 0 Å². The minimum absolute atomic E-state index is 0.692. The first kappa shape index (κ1) is 14.9. The largest absolute Gasteiger partial charge is 0.338 e. The lowest BCUT2D eigenvalue weighted by Gasteiger charge is -2.34. The van der Waals surface area contributed by atoms with E-state index in [9.17, 15) is 0 Å². The maximum Gasteiger partial charge on any atom is 0.225 e. The topological polar surface area (TPSA) is 55.0 Å². The molecular weight excluding hydrogens is 298 g/mol. The van der Waals surface area contributed by atoms with Gasteiger partial charge in [0.25, 0.3) is 0 Å². The standard InChI is InChI=1S/C14H19N7S/c1-2-6-20-11-17-21(14(20)22)12-18-7-9-19(10-8-18)13-15-4-3-5-16-13/h2-5,11H,1,6-10,12H2. The molecule has 116 valence electrons. The van der Waals surface area contributed by atoms with Crippen molar-refractivity contribution in [2.45, 2.75) is 13.2 Å². The van der Waals surface area contributed by atoms with Gasteiger partial charge in [-0.2, -0.15) is 5.10 Å². The van der Waals surface area contributed by atoms with Crippen molar-refractivity contribution in [3.05, 3.63) is 42.2 Å². The van der Waals surface area contributed by atoms with Crippen molar-refractivity contribution in [1.82, 2.24) is 29.2 Å². The Morgan fingerprint density at radius 1 is 1.18 bits per heavy atom. The Morgan fingerprint density at radius 3 is 2.59 bits per heavy atom. The van der Waals surface area contributed by atoms with Gasteiger partial charge in [-0.25, -0.2) is 14.6 Å². The summed E-state index contributed by atoms with van der Waals surface area (Å²) in [7, 11) is 0. The van der Waals surface area contributed by atoms with Crippen molar-refractivity contribution in [3.63, 3.8) is 0 Å². The third-order valence-corrected chi connectivity index (χ3v) is 4.11. The molecule has 0 amide bonds. The van der Waals surface area contributed by atoms with E-state index in [0.717, 1.165) is 36.9 Å². The monoisotopic (exact) mass is 317 g/mol. The van der Waals surface area contributed by atoms with E-state index < -0.39 is 0 Å². The summed E-state index contributed by atoms with van der Waals surface area (Å²) in [6.45, 7) is 8.83. The zero-order chi connectivity index (χ0) is 15.4. The summed E-state index contributed by atoms with van der Waals surface area (Å²) in [5, 5.41) is 4.35. The van der Waals surface area contributed by atoms with Crippen LogP contribution in [0.3, 0.4) is 0 Å². The SMILES string of the molecule is C=CCn1cnn(CN2CCN(c3ncccn3)CC2)c1=S. The van der Waals surface area contributed by atoms with E-state index in [0.29, 0.717) is 13.2 Å². The molecule has 0 aliphatic carbocycles. The Kier molecular flexibility index (Phi) is 4.59. The van der Waals surface area contributed by atoms with Gasteiger partial charge in [0.05, 0.1) is 6.67 Å². The van der Waals surface area contributed by atoms with Crippen molar-refractivity contribution < 1.29 is 0 Å². The van der Waals surface area contributed by atoms with Crippen LogP contribution in [0, 0.1) is 4.77 Å². The van der Waals surface area contributed by atoms with Crippen molar-refractivity contribution in [2.24, 2.45) is 0 Å². The molecule has 1 aliphatic rings. The maximum atomic E-state index is 5.42. The lowest BCUT2D eigenvalue weighted by atomic mass is 10.3. The molecule has 0 unspecified atom stereocenters. The molecule has 22 heavy (non-hydrogen) atoms. The van der Waals surface area contributed by atoms with E-state index in [1.54, 1.807) is 18.7 Å². The van der Waals surface area contributed by atoms with Gasteiger partial charge in [-0.1, -0.05) is 6.08 Å². The highest BCUT2D eigenvalue weighted by molar-refractivity contribution is 7.71. The molecule has 1 aliphatic heterocycles. The van der Waals surface area contributed by atoms with Gasteiger partial charge in [0, 0.05) is 45.1 Å². The van der Waals surface area contributed by atoms with E-state index in [2.05, 4.69) is 31.4 Å². The molecule has 0 saturated carbocycles. The van der Waals surface area contributed by atoms with Crippen molar-refractivity contribution in [3.8, 4) is 0 Å². The highest BCUT2D eigenvalue weighted by atomic mass is 32.1. The molecule has 0 bridgehead atoms. The maximum absolute atomic E-state index is 5.42. The van der Waals surface area contributed by atoms with Gasteiger partial charge in [-0.3, -0.25) is 4.90 Å². The van der Waals surface area contributed by atoms with E-state index in [1.807, 2.05) is 21.4 Å². The first-order chi connectivity index (χ1) is 10.8. The second-order valence-corrected chi connectivity index (χ2v) is 5.51. The van der Waals surface area contributed by atoms with Crippen LogP contribution in [0.4, 0.5) is 5.95 Å². The van der Waals surface area contributed by atoms with Gasteiger partial charge >= 0.3 is 0 Å². The Labute approximate surface area is 134 Å². The molecule has 3 rings (SSSR count). The Hall–Kier alpha value is -2.06. The van der Waals surface area contributed by atoms with E-state index >= 15 is 0 Å². The van der Waals surface area contributed by atoms with Gasteiger partial charge in [0.15, 0.2) is 4.77 Å². The minimum Gasteiger partial charge on any atom is -0.338 e. The molecular formula is C14H19N7S. The summed E-state index contributed by atoms with van der Waals surface area (Å²) >= 11 is 5.42. The van der Waals surface area contributed by atoms with Crippen molar-refractivity contribution >= 4 is 18.2 Å². The molecule has 3 heterocycles. The van der Waals surface area contributed by atoms with Crippen LogP contribution in [0.2, 0.25) is 0 Å². The molecule has 0 atom stereocenters. The highest BCUT2D eigenvalue weighted by Crippen LogP contribution is 2.10. The number of hydrogen-bond donors (Lipinski definition) is 0. The van der Waals surface area contributed by atoms with Crippen molar-refractivity contribution in [2.75, 3.05) is 31.1 Å². The van der Waals surface area contributed by atoms with Crippen molar-refractivity contribution in [1.29, 1.82) is 0 Å². The number of hydrogen-bond acceptors (Lipinski definition) is 6. The van der Waals surface area contributed by atoms with E-state index in [4.69, 9.17) is 12.2 Å². The van der Waals surface area contributed by atoms with Crippen LogP contribution >= 0.6 is 12.2 Å². The summed E-state index contributed by atoms with van der Waals surface area (Å²) in [5.74, 6) is 0.800. The molecule has 0 N–H and O–H groups in total. The molecule has 0 spiro atoms. The average Bonchev–Trinajstić information content (AvgIpc) is 2.90. The number of anilines is 1. The zero-order valence-electron chi connectivity index (χ0n) is 12.4. The van der Waals surface area contributed by atoms with Crippen LogP contribution in [-0.4, -0.2) is 55.4 Å². The summed E-state index contributed by atoms with van der Waals surface area (Å²) in [6.07, 6.45) is 7.14. The van der Waals surface area contributed by atoms with Gasteiger partial charge in [0.2, 0.25) is 5.95 Å². The first-order valence-corrected chi connectivity index (χ1v) is 7.66. The summed E-state index contributed by atoms with van der Waals surface area (Å²) in [4.78, 5) is 13.1. The molecule has 1 saturated heterocycles. The van der Waals surface area contributed by atoms with Crippen LogP contribution in [0.25, 0.3) is 0 Å². The zero-order valence-corrected chi connectivity index (χ0v) is 13.2. The molecule has 1 fully saturated rings. The van der Waals surface area contributed by atoms with Crippen LogP contribution in [-0.2, 0) is 13.2 Å². The Balaban J connectivity index is 1.58. The average molecular weight is 317 g/mol. The fourth-order valence-electron chi connectivity index (χ4n) is 2.47. The molecule has 0 radical (unpaired) electrons. The fraction of sp³-hybridized carbons (Fsp3) is 0.429. The second kappa shape index (κ2) is 6.80. The van der Waals surface area contributed by atoms with E-state index in [-0.39, 0.29) is 0 Å². The predicted molar refractivity (Wildman–Crippen MR) is 87.1 cm³/mol. The van der Waals surface area contributed by atoms with Gasteiger partial charge < -0.3 is 9.47 Å². The number of nitrogens with zero attached hydrogens (tertiary/aromatic N) is 7. The quantitative estimate of drug-likeness (QED) is 0.609. The van der Waals surface area contributed by atoms with Crippen LogP contribution in [0.5, 0.6) is 0 Å². The second-order valence-electron chi connectivity index (χ2n) is 5.15. The van der Waals surface area contributed by atoms with Gasteiger partial charge in [-0.05, 0) is 18.3 Å². The van der Waals surface area contributed by atoms with Crippen LogP contribution < -0.4 is 4.90 Å². The number of allylic oxidation sites excluding steroid dienone is 1. The normalized spacial score (nSPS) is 15.9. The predicted octanol–water partition coefficient (Wildman–Crippen LogP) is 1.17. The lowest BCUT2D eigenvalue weighted by molar-refractivity contribution is 0.193. The number of rotatable bonds is 5. The summed E-state index contributed by atoms with van der Waals surface area (Å²) in [5.41, 5.74) is 0. The van der Waals surface area contributed by atoms with Crippen LogP contribution in [0.15, 0.2) is 37.4 Å². The Morgan fingerprint density at radius 2 is 1.91 bits per heavy atom. The number of aromatic nitrogens is 5. The Bertz CT molecular complexity index is 670. The smallest absolute Gasteiger partial charge is 0.225 e. The summed E-state index contributed by atoms with van der Waals surface area (Å²) < 4.78 is 4.50. The van der Waals surface area contributed by atoms with Gasteiger partial charge in [0.1, 0.15) is 6.33 Å². The van der Waals surface area contributed by atoms with Gasteiger partial charge in [-0.15, -0.1) is 6.58 Å². The fourth-order valence-corrected chi connectivity index (χ4v) is 2.69. The third kappa shape index (κ3) is 3.23. The third-order valence-electron chi connectivity index (χ3n) is 3.66. The molecule has 8 heteroatoms. The molecule has 7 nitrogen and oxygen atoms in total.